The van der Waals surface area contributed by atoms with Gasteiger partial charge in [-0.2, -0.15) is 26.3 Å². The molecule has 0 rings (SSSR count). The monoisotopic (exact) mass is 338 g/mol. The quantitative estimate of drug-likeness (QED) is 0.316. The lowest BCUT2D eigenvalue weighted by molar-refractivity contribution is -0.349. The van der Waals surface area contributed by atoms with Crippen molar-refractivity contribution in [3.05, 3.63) is 38.0 Å². The molecule has 0 saturated carbocycles. The van der Waals surface area contributed by atoms with Gasteiger partial charge in [0.15, 0.2) is 0 Å². The van der Waals surface area contributed by atoms with Gasteiger partial charge in [0, 0.05) is 5.57 Å². The predicted octanol–water partition coefficient (Wildman–Crippen LogP) is 4.93. The second-order valence-electron chi connectivity index (χ2n) is 3.56. The highest BCUT2D eigenvalue weighted by atomic mass is 19.4. The van der Waals surface area contributed by atoms with Crippen LogP contribution >= 0.6 is 0 Å². The Bertz CT molecular complexity index is 356. The Labute approximate surface area is 123 Å². The van der Waals surface area contributed by atoms with E-state index in [0.717, 1.165) is 6.92 Å². The van der Waals surface area contributed by atoms with Crippen LogP contribution in [0.3, 0.4) is 0 Å². The molecule has 2 nitrogen and oxygen atoms in total. The molecule has 0 amide bonds. The predicted molar refractivity (Wildman–Crippen MR) is 68.8 cm³/mol. The summed E-state index contributed by atoms with van der Waals surface area (Å²) in [6.45, 7) is 12.7. The number of hydrogen-bond donors (Lipinski definition) is 0. The van der Waals surface area contributed by atoms with E-state index < -0.39 is 36.2 Å². The lowest BCUT2D eigenvalue weighted by Gasteiger charge is -2.29. The van der Waals surface area contributed by atoms with E-state index in [1.807, 2.05) is 6.92 Å². The molecule has 0 aromatic heterocycles. The molecular weight excluding hydrogens is 321 g/mol. The van der Waals surface area contributed by atoms with Gasteiger partial charge in [0.25, 0.3) is 0 Å². The summed E-state index contributed by atoms with van der Waals surface area (Å²) in [5.41, 5.74) is -6.04. The molecule has 0 heterocycles. The maximum atomic E-state index is 12.9. The molecule has 0 spiro atoms. The normalized spacial score (nSPS) is 11.1. The Morgan fingerprint density at radius 1 is 1.05 bits per heavy atom. The molecule has 0 aliphatic heterocycles. The van der Waals surface area contributed by atoms with Gasteiger partial charge in [-0.3, -0.25) is 0 Å². The van der Waals surface area contributed by atoms with Crippen LogP contribution in [0, 0.1) is 0 Å². The zero-order chi connectivity index (χ0) is 18.8. The molecule has 22 heavy (non-hydrogen) atoms. The minimum absolute atomic E-state index is 0.448. The molecule has 0 N–H and O–H groups in total. The Kier molecular flexibility index (Phi) is 11.5. The third-order valence-corrected chi connectivity index (χ3v) is 1.65. The van der Waals surface area contributed by atoms with Crippen LogP contribution in [0.4, 0.5) is 30.7 Å². The molecule has 0 aromatic rings. The maximum absolute atomic E-state index is 12.9. The second kappa shape index (κ2) is 10.0. The highest BCUT2D eigenvalue weighted by Crippen LogP contribution is 2.46. The van der Waals surface area contributed by atoms with Crippen molar-refractivity contribution >= 4 is 5.97 Å². The fraction of sp³-hybridized carbons (Fsp3) is 0.462. The Hall–Kier alpha value is -1.80. The molecule has 9 heteroatoms. The van der Waals surface area contributed by atoms with Gasteiger partial charge in [0.05, 0.1) is 0 Å². The molecule has 0 saturated heterocycles. The van der Waals surface area contributed by atoms with Crippen molar-refractivity contribution in [3.8, 4) is 0 Å². The van der Waals surface area contributed by atoms with E-state index in [1.54, 1.807) is 6.08 Å². The van der Waals surface area contributed by atoms with Crippen molar-refractivity contribution < 1.29 is 40.3 Å². The number of allylic oxidation sites excluding steroid dienone is 1. The van der Waals surface area contributed by atoms with Crippen LogP contribution in [0.25, 0.3) is 0 Å². The molecule has 0 atom stereocenters. The molecule has 0 aliphatic rings. The first-order valence-corrected chi connectivity index (χ1v) is 5.46. The fourth-order valence-corrected chi connectivity index (χ4v) is 0.613. The van der Waals surface area contributed by atoms with E-state index in [4.69, 9.17) is 0 Å². The first kappa shape index (κ1) is 25.2. The van der Waals surface area contributed by atoms with Gasteiger partial charge in [-0.15, -0.1) is 19.7 Å². The summed E-state index contributed by atoms with van der Waals surface area (Å²) >= 11 is 0. The molecule has 0 aliphatic carbocycles. The van der Waals surface area contributed by atoms with Crippen LogP contribution in [0.15, 0.2) is 38.0 Å². The molecule has 0 fully saturated rings. The number of carbonyl (C=O) groups excluding carboxylic acids is 1. The molecule has 0 radical (unpaired) electrons. The number of carbonyl (C=O) groups is 1. The van der Waals surface area contributed by atoms with Gasteiger partial charge in [0.2, 0.25) is 0 Å². The highest BCUT2D eigenvalue weighted by Gasteiger charge is 2.73. The van der Waals surface area contributed by atoms with Crippen LogP contribution in [0.5, 0.6) is 0 Å². The third kappa shape index (κ3) is 7.84. The first-order chi connectivity index (χ1) is 9.74. The molecule has 0 bridgehead atoms. The Morgan fingerprint density at radius 2 is 1.32 bits per heavy atom. The summed E-state index contributed by atoms with van der Waals surface area (Å²) in [7, 11) is 0. The average molecular weight is 338 g/mol. The van der Waals surface area contributed by atoms with Crippen molar-refractivity contribution in [2.75, 3.05) is 6.61 Å². The van der Waals surface area contributed by atoms with Gasteiger partial charge in [-0.05, 0) is 13.8 Å². The highest BCUT2D eigenvalue weighted by molar-refractivity contribution is 5.86. The number of alkyl halides is 7. The van der Waals surface area contributed by atoms with Crippen molar-refractivity contribution in [1.29, 1.82) is 0 Å². The zero-order valence-electron chi connectivity index (χ0n) is 12.1. The number of esters is 1. The van der Waals surface area contributed by atoms with Gasteiger partial charge >= 0.3 is 24.0 Å². The van der Waals surface area contributed by atoms with Crippen LogP contribution < -0.4 is 0 Å². The molecule has 130 valence electrons. The summed E-state index contributed by atoms with van der Waals surface area (Å²) < 4.78 is 88.1. The van der Waals surface area contributed by atoms with Crippen molar-refractivity contribution in [2.24, 2.45) is 0 Å². The van der Waals surface area contributed by atoms with E-state index in [1.165, 1.54) is 0 Å². The largest absolute Gasteiger partial charge is 0.458 e. The van der Waals surface area contributed by atoms with Crippen LogP contribution in [-0.4, -0.2) is 30.6 Å². The van der Waals surface area contributed by atoms with Crippen LogP contribution in [0.2, 0.25) is 0 Å². The Morgan fingerprint density at radius 3 is 1.50 bits per heavy atom. The van der Waals surface area contributed by atoms with Crippen LogP contribution in [-0.2, 0) is 9.53 Å². The lowest BCUT2D eigenvalue weighted by atomic mass is 10.1. The summed E-state index contributed by atoms with van der Waals surface area (Å²) in [5, 5.41) is 0. The first-order valence-electron chi connectivity index (χ1n) is 5.46. The number of rotatable bonds is 3. The summed E-state index contributed by atoms with van der Waals surface area (Å²) in [6.07, 6.45) is -10.7. The molecular formula is C13H17F7O2. The van der Waals surface area contributed by atoms with E-state index in [9.17, 15) is 35.5 Å². The standard InChI is InChI=1S/C8H7F7O2.C3H6.C2H4/c1-4(2)5(16)17-3-6(9,7(10,11)12)8(13,14)15;1-3-2;1-2/h1,3H2,2H3;3H,1H2,2H3;1-2H2. The van der Waals surface area contributed by atoms with Gasteiger partial charge in [0.1, 0.15) is 6.61 Å². The zero-order valence-corrected chi connectivity index (χ0v) is 12.1. The molecule has 0 aromatic carbocycles. The van der Waals surface area contributed by atoms with Gasteiger partial charge in [-0.1, -0.05) is 12.7 Å². The average Bonchev–Trinajstić information content (AvgIpc) is 2.35. The van der Waals surface area contributed by atoms with Crippen molar-refractivity contribution in [3.63, 3.8) is 0 Å². The number of ether oxygens (including phenoxy) is 1. The lowest BCUT2D eigenvalue weighted by Crippen LogP contribution is -2.56. The van der Waals surface area contributed by atoms with E-state index in [-0.39, 0.29) is 0 Å². The van der Waals surface area contributed by atoms with Crippen molar-refractivity contribution in [1.82, 2.24) is 0 Å². The van der Waals surface area contributed by atoms with E-state index in [0.29, 0.717) is 0 Å². The summed E-state index contributed by atoms with van der Waals surface area (Å²) in [6, 6.07) is 0. The van der Waals surface area contributed by atoms with Crippen LogP contribution in [0.1, 0.15) is 13.8 Å². The third-order valence-electron chi connectivity index (χ3n) is 1.65. The Balaban J connectivity index is -0.000000637. The second-order valence-corrected chi connectivity index (χ2v) is 3.56. The SMILES string of the molecule is C=C.C=C(C)C(=O)OCC(F)(C(F)(F)F)C(F)(F)F.C=CC. The number of hydrogen-bond acceptors (Lipinski definition) is 2. The summed E-state index contributed by atoms with van der Waals surface area (Å²) in [5.74, 6) is -1.54. The smallest absolute Gasteiger partial charge is 0.435 e. The van der Waals surface area contributed by atoms with E-state index >= 15 is 0 Å². The van der Waals surface area contributed by atoms with Gasteiger partial charge < -0.3 is 4.74 Å². The minimum Gasteiger partial charge on any atom is -0.458 e. The number of halogens is 7. The van der Waals surface area contributed by atoms with Crippen molar-refractivity contribution in [2.45, 2.75) is 31.9 Å². The molecule has 0 unspecified atom stereocenters. The fourth-order valence-electron chi connectivity index (χ4n) is 0.613. The van der Waals surface area contributed by atoms with Gasteiger partial charge in [-0.25, -0.2) is 9.18 Å². The summed E-state index contributed by atoms with van der Waals surface area (Å²) in [4.78, 5) is 10.6. The maximum Gasteiger partial charge on any atom is 0.435 e. The topological polar surface area (TPSA) is 26.3 Å². The minimum atomic E-state index is -6.24. The van der Waals surface area contributed by atoms with E-state index in [2.05, 4.69) is 31.1 Å².